The number of rotatable bonds is 8. The van der Waals surface area contributed by atoms with Gasteiger partial charge in [0.1, 0.15) is 12.4 Å². The first-order valence-electron chi connectivity index (χ1n) is 10.9. The average molecular weight is 615 g/mol. The minimum absolute atomic E-state index is 0.210. The molecule has 1 aromatic heterocycles. The lowest BCUT2D eigenvalue weighted by Crippen LogP contribution is -2.20. The summed E-state index contributed by atoms with van der Waals surface area (Å²) >= 11 is 6.93. The Morgan fingerprint density at radius 2 is 1.86 bits per heavy atom. The molecular formula is C26H21Br2N3O5. The molecule has 4 rings (SSSR count). The van der Waals surface area contributed by atoms with E-state index in [9.17, 15) is 9.59 Å². The molecule has 0 unspecified atom stereocenters. The normalized spacial score (nSPS) is 11.2. The van der Waals surface area contributed by atoms with Gasteiger partial charge in [-0.3, -0.25) is 4.79 Å². The number of hydrogen-bond donors (Lipinski definition) is 1. The van der Waals surface area contributed by atoms with Crippen molar-refractivity contribution in [3.8, 4) is 11.5 Å². The average Bonchev–Trinajstić information content (AvgIpc) is 2.84. The number of nitrogens with zero attached hydrogens (tertiary/aromatic N) is 3. The Kier molecular flexibility index (Phi) is 7.85. The molecule has 3 aromatic carbocycles. The van der Waals surface area contributed by atoms with Crippen LogP contribution >= 0.6 is 31.9 Å². The van der Waals surface area contributed by atoms with E-state index in [4.69, 9.17) is 14.6 Å². The number of ether oxygens (including phenoxy) is 2. The van der Waals surface area contributed by atoms with Gasteiger partial charge in [-0.15, -0.1) is 0 Å². The van der Waals surface area contributed by atoms with Crippen LogP contribution in [0.15, 0.2) is 73.4 Å². The molecule has 0 radical (unpaired) electrons. The third-order valence-electron chi connectivity index (χ3n) is 5.21. The molecule has 0 spiro atoms. The van der Waals surface area contributed by atoms with Crippen molar-refractivity contribution in [2.45, 2.75) is 20.5 Å². The van der Waals surface area contributed by atoms with Crippen LogP contribution in [0.1, 0.15) is 34.2 Å². The van der Waals surface area contributed by atoms with Gasteiger partial charge in [0.25, 0.3) is 5.56 Å². The Labute approximate surface area is 223 Å². The predicted molar refractivity (Wildman–Crippen MR) is 144 cm³/mol. The number of hydrogen-bond acceptors (Lipinski definition) is 6. The molecule has 0 aliphatic rings. The minimum atomic E-state index is -0.981. The maximum atomic E-state index is 13.0. The summed E-state index contributed by atoms with van der Waals surface area (Å²) in [6.45, 7) is 4.23. The van der Waals surface area contributed by atoms with Crippen LogP contribution in [-0.4, -0.2) is 33.6 Å². The van der Waals surface area contributed by atoms with Gasteiger partial charge in [0.05, 0.1) is 33.8 Å². The number of carbonyl (C=O) groups is 1. The van der Waals surface area contributed by atoms with Crippen LogP contribution in [0.3, 0.4) is 0 Å². The summed E-state index contributed by atoms with van der Waals surface area (Å²) in [7, 11) is 0. The number of aryl methyl sites for hydroxylation is 1. The minimum Gasteiger partial charge on any atom is -0.490 e. The van der Waals surface area contributed by atoms with Crippen LogP contribution in [-0.2, 0) is 6.61 Å². The smallest absolute Gasteiger partial charge is 0.335 e. The second-order valence-corrected chi connectivity index (χ2v) is 9.51. The third kappa shape index (κ3) is 5.66. The van der Waals surface area contributed by atoms with Crippen molar-refractivity contribution in [2.75, 3.05) is 6.61 Å². The quantitative estimate of drug-likeness (QED) is 0.252. The Hall–Kier alpha value is -3.50. The van der Waals surface area contributed by atoms with Crippen molar-refractivity contribution in [1.82, 2.24) is 9.66 Å². The molecule has 0 saturated heterocycles. The molecule has 8 nitrogen and oxygen atoms in total. The topological polar surface area (TPSA) is 103 Å². The van der Waals surface area contributed by atoms with Crippen LogP contribution in [0.2, 0.25) is 0 Å². The monoisotopic (exact) mass is 613 g/mol. The molecule has 10 heteroatoms. The van der Waals surface area contributed by atoms with E-state index in [1.807, 2.05) is 13.0 Å². The van der Waals surface area contributed by atoms with Crippen molar-refractivity contribution in [1.29, 1.82) is 0 Å². The van der Waals surface area contributed by atoms with E-state index in [2.05, 4.69) is 41.9 Å². The van der Waals surface area contributed by atoms with Crippen molar-refractivity contribution >= 4 is 54.9 Å². The van der Waals surface area contributed by atoms with Gasteiger partial charge in [0.2, 0.25) is 0 Å². The summed E-state index contributed by atoms with van der Waals surface area (Å²) in [5.41, 5.74) is 2.04. The molecule has 1 heterocycles. The van der Waals surface area contributed by atoms with Gasteiger partial charge in [0, 0.05) is 4.47 Å². The summed E-state index contributed by atoms with van der Waals surface area (Å²) in [5, 5.41) is 13.9. The van der Waals surface area contributed by atoms with E-state index in [1.165, 1.54) is 16.8 Å². The molecular weight excluding hydrogens is 594 g/mol. The fraction of sp³-hybridized carbons (Fsp3) is 0.154. The summed E-state index contributed by atoms with van der Waals surface area (Å²) in [4.78, 5) is 28.5. The number of aromatic carboxylic acids is 1. The summed E-state index contributed by atoms with van der Waals surface area (Å²) in [5.74, 6) is 0.483. The van der Waals surface area contributed by atoms with Crippen LogP contribution in [0.25, 0.3) is 10.9 Å². The predicted octanol–water partition coefficient (Wildman–Crippen LogP) is 5.79. The van der Waals surface area contributed by atoms with Crippen LogP contribution < -0.4 is 15.0 Å². The maximum absolute atomic E-state index is 13.0. The van der Waals surface area contributed by atoms with Gasteiger partial charge in [0.15, 0.2) is 11.5 Å². The fourth-order valence-electron chi connectivity index (χ4n) is 3.48. The summed E-state index contributed by atoms with van der Waals surface area (Å²) in [6, 6.07) is 15.4. The lowest BCUT2D eigenvalue weighted by molar-refractivity contribution is 0.0697. The molecule has 4 aromatic rings. The maximum Gasteiger partial charge on any atom is 0.335 e. The van der Waals surface area contributed by atoms with Gasteiger partial charge in [-0.25, -0.2) is 9.78 Å². The van der Waals surface area contributed by atoms with Gasteiger partial charge in [-0.05, 0) is 83.4 Å². The Morgan fingerprint density at radius 1 is 1.11 bits per heavy atom. The zero-order valence-electron chi connectivity index (χ0n) is 19.4. The second-order valence-electron chi connectivity index (χ2n) is 7.74. The first-order valence-corrected chi connectivity index (χ1v) is 12.5. The van der Waals surface area contributed by atoms with E-state index in [-0.39, 0.29) is 17.7 Å². The van der Waals surface area contributed by atoms with E-state index in [1.54, 1.807) is 49.5 Å². The highest BCUT2D eigenvalue weighted by Crippen LogP contribution is 2.37. The highest BCUT2D eigenvalue weighted by atomic mass is 79.9. The largest absolute Gasteiger partial charge is 0.490 e. The van der Waals surface area contributed by atoms with Gasteiger partial charge < -0.3 is 14.6 Å². The lowest BCUT2D eigenvalue weighted by atomic mass is 10.1. The summed E-state index contributed by atoms with van der Waals surface area (Å²) < 4.78 is 14.5. The van der Waals surface area contributed by atoms with Gasteiger partial charge in [-0.1, -0.05) is 28.1 Å². The van der Waals surface area contributed by atoms with Crippen molar-refractivity contribution in [3.05, 3.63) is 96.4 Å². The van der Waals surface area contributed by atoms with Crippen molar-refractivity contribution in [3.63, 3.8) is 0 Å². The molecule has 0 aliphatic heterocycles. The van der Waals surface area contributed by atoms with Crippen LogP contribution in [0, 0.1) is 6.92 Å². The Bertz CT molecular complexity index is 1530. The van der Waals surface area contributed by atoms with Crippen molar-refractivity contribution in [2.24, 2.45) is 5.10 Å². The standard InChI is InChI=1S/C26H21Br2N3O5/c1-3-35-23-11-17(10-21(28)24(23)36-14-16-4-6-18(7-5-16)26(33)34)13-29-31-15(2)30-22-9-8-19(27)12-20(22)25(31)32/h4-13H,3,14H2,1-2H3,(H,33,34). The molecule has 0 aliphatic carbocycles. The van der Waals surface area contributed by atoms with Crippen LogP contribution in [0.5, 0.6) is 11.5 Å². The van der Waals surface area contributed by atoms with Crippen molar-refractivity contribution < 1.29 is 19.4 Å². The van der Waals surface area contributed by atoms with Gasteiger partial charge >= 0.3 is 5.97 Å². The molecule has 0 fully saturated rings. The van der Waals surface area contributed by atoms with E-state index < -0.39 is 5.97 Å². The number of fused-ring (bicyclic) bond motifs is 1. The number of carboxylic acid groups (broad SMARTS) is 1. The zero-order chi connectivity index (χ0) is 25.8. The molecule has 184 valence electrons. The van der Waals surface area contributed by atoms with E-state index >= 15 is 0 Å². The number of aromatic nitrogens is 2. The van der Waals surface area contributed by atoms with Gasteiger partial charge in [-0.2, -0.15) is 9.78 Å². The molecule has 0 atom stereocenters. The zero-order valence-corrected chi connectivity index (χ0v) is 22.5. The lowest BCUT2D eigenvalue weighted by Gasteiger charge is -2.15. The number of carboxylic acids is 1. The van der Waals surface area contributed by atoms with Crippen LogP contribution in [0.4, 0.5) is 0 Å². The van der Waals surface area contributed by atoms with E-state index in [0.717, 1.165) is 10.0 Å². The highest BCUT2D eigenvalue weighted by molar-refractivity contribution is 9.10. The fourth-order valence-corrected chi connectivity index (χ4v) is 4.42. The molecule has 0 amide bonds. The molecule has 0 bridgehead atoms. The summed E-state index contributed by atoms with van der Waals surface area (Å²) in [6.07, 6.45) is 1.56. The third-order valence-corrected chi connectivity index (χ3v) is 6.29. The molecule has 1 N–H and O–H groups in total. The molecule has 0 saturated carbocycles. The number of benzene rings is 3. The first-order chi connectivity index (χ1) is 17.3. The Morgan fingerprint density at radius 3 is 2.56 bits per heavy atom. The number of halogens is 2. The molecule has 36 heavy (non-hydrogen) atoms. The van der Waals surface area contributed by atoms with E-state index in [0.29, 0.717) is 44.9 Å². The first kappa shape index (κ1) is 25.6. The Balaban J connectivity index is 1.62. The highest BCUT2D eigenvalue weighted by Gasteiger charge is 2.13. The SMILES string of the molecule is CCOc1cc(C=Nn2c(C)nc3ccc(Br)cc3c2=O)cc(Br)c1OCc1ccc(C(=O)O)cc1. The second kappa shape index (κ2) is 11.0.